The molecule has 1 amide bonds. The van der Waals surface area contributed by atoms with Gasteiger partial charge in [0.15, 0.2) is 0 Å². The smallest absolute Gasteiger partial charge is 0.247 e. The Morgan fingerprint density at radius 1 is 1.07 bits per heavy atom. The van der Waals surface area contributed by atoms with E-state index in [1.54, 1.807) is 0 Å². The third-order valence-electron chi connectivity index (χ3n) is 5.54. The van der Waals surface area contributed by atoms with E-state index in [0.29, 0.717) is 24.9 Å². The molecule has 2 aliphatic rings. The van der Waals surface area contributed by atoms with Gasteiger partial charge in [-0.25, -0.2) is 0 Å². The zero-order valence-electron chi connectivity index (χ0n) is 14.9. The standard InChI is InChI=1S/C21H20N4O2/c26-20-21(16-9-4-5-10-17(16)22-20)11-6-12-25(14-21)13-18-23-24-19(27-18)15-7-2-1-3-8-15/h1-5,7-10H,6,11-14H2,(H,22,26). The Morgan fingerprint density at radius 3 is 2.78 bits per heavy atom. The minimum atomic E-state index is -0.475. The first-order valence-electron chi connectivity index (χ1n) is 9.26. The molecule has 1 unspecified atom stereocenters. The van der Waals surface area contributed by atoms with Crippen molar-refractivity contribution in [3.05, 3.63) is 66.1 Å². The highest BCUT2D eigenvalue weighted by molar-refractivity contribution is 6.06. The number of hydrogen-bond acceptors (Lipinski definition) is 5. The highest BCUT2D eigenvalue weighted by Crippen LogP contribution is 2.43. The van der Waals surface area contributed by atoms with E-state index in [4.69, 9.17) is 4.42 Å². The van der Waals surface area contributed by atoms with Crippen molar-refractivity contribution in [2.75, 3.05) is 18.4 Å². The van der Waals surface area contributed by atoms with Crippen LogP contribution >= 0.6 is 0 Å². The van der Waals surface area contributed by atoms with Crippen LogP contribution in [0.1, 0.15) is 24.3 Å². The van der Waals surface area contributed by atoms with E-state index in [1.807, 2.05) is 48.5 Å². The molecule has 1 spiro atoms. The Kier molecular flexibility index (Phi) is 3.79. The van der Waals surface area contributed by atoms with Crippen LogP contribution in [0.25, 0.3) is 11.5 Å². The van der Waals surface area contributed by atoms with Crippen LogP contribution in [0, 0.1) is 0 Å². The fraction of sp³-hybridized carbons (Fsp3) is 0.286. The summed E-state index contributed by atoms with van der Waals surface area (Å²) in [6.07, 6.45) is 1.83. The van der Waals surface area contributed by atoms with Gasteiger partial charge in [0.1, 0.15) is 0 Å². The van der Waals surface area contributed by atoms with E-state index >= 15 is 0 Å². The molecule has 6 nitrogen and oxygen atoms in total. The summed E-state index contributed by atoms with van der Waals surface area (Å²) < 4.78 is 5.86. The van der Waals surface area contributed by atoms with Crippen LogP contribution in [-0.4, -0.2) is 34.1 Å². The minimum Gasteiger partial charge on any atom is -0.419 e. The highest BCUT2D eigenvalue weighted by atomic mass is 16.4. The number of carbonyl (C=O) groups excluding carboxylic acids is 1. The number of anilines is 1. The number of carbonyl (C=O) groups is 1. The van der Waals surface area contributed by atoms with Crippen LogP contribution in [0.2, 0.25) is 0 Å². The number of hydrogen-bond donors (Lipinski definition) is 1. The number of likely N-dealkylation sites (tertiary alicyclic amines) is 1. The summed E-state index contributed by atoms with van der Waals surface area (Å²) in [5.74, 6) is 1.21. The second kappa shape index (κ2) is 6.32. The van der Waals surface area contributed by atoms with Crippen LogP contribution in [0.4, 0.5) is 5.69 Å². The van der Waals surface area contributed by atoms with Crippen molar-refractivity contribution in [1.82, 2.24) is 15.1 Å². The Balaban J connectivity index is 1.37. The van der Waals surface area contributed by atoms with E-state index in [2.05, 4.69) is 26.5 Å². The molecule has 0 saturated carbocycles. The normalized spacial score (nSPS) is 22.0. The van der Waals surface area contributed by atoms with E-state index in [9.17, 15) is 4.79 Å². The van der Waals surface area contributed by atoms with Gasteiger partial charge in [-0.05, 0) is 43.1 Å². The van der Waals surface area contributed by atoms with E-state index in [-0.39, 0.29) is 5.91 Å². The molecule has 1 N–H and O–H groups in total. The maximum Gasteiger partial charge on any atom is 0.247 e. The molecule has 3 heterocycles. The predicted molar refractivity (Wildman–Crippen MR) is 101 cm³/mol. The number of benzene rings is 2. The van der Waals surface area contributed by atoms with Gasteiger partial charge < -0.3 is 9.73 Å². The Labute approximate surface area is 157 Å². The van der Waals surface area contributed by atoms with E-state index < -0.39 is 5.41 Å². The first-order chi connectivity index (χ1) is 13.2. The van der Waals surface area contributed by atoms with Crippen LogP contribution in [0.15, 0.2) is 59.0 Å². The van der Waals surface area contributed by atoms with Gasteiger partial charge in [-0.2, -0.15) is 0 Å². The lowest BCUT2D eigenvalue weighted by Gasteiger charge is -2.38. The Bertz CT molecular complexity index is 985. The fourth-order valence-corrected chi connectivity index (χ4v) is 4.26. The molecular weight excluding hydrogens is 340 g/mol. The predicted octanol–water partition coefficient (Wildman–Crippen LogP) is 3.22. The number of aromatic nitrogens is 2. The second-order valence-corrected chi connectivity index (χ2v) is 7.26. The summed E-state index contributed by atoms with van der Waals surface area (Å²) in [5.41, 5.74) is 2.48. The van der Waals surface area contributed by atoms with Crippen molar-refractivity contribution < 1.29 is 9.21 Å². The lowest BCUT2D eigenvalue weighted by molar-refractivity contribution is -0.123. The molecule has 27 heavy (non-hydrogen) atoms. The first kappa shape index (κ1) is 16.2. The second-order valence-electron chi connectivity index (χ2n) is 7.26. The van der Waals surface area contributed by atoms with E-state index in [0.717, 1.165) is 36.2 Å². The molecule has 0 bridgehead atoms. The van der Waals surface area contributed by atoms with Crippen LogP contribution in [0.3, 0.4) is 0 Å². The third-order valence-corrected chi connectivity index (χ3v) is 5.54. The zero-order chi connectivity index (χ0) is 18.3. The van der Waals surface area contributed by atoms with Crippen LogP contribution in [0.5, 0.6) is 0 Å². The molecule has 6 heteroatoms. The Morgan fingerprint density at radius 2 is 1.89 bits per heavy atom. The molecule has 136 valence electrons. The van der Waals surface area contributed by atoms with Crippen molar-refractivity contribution in [3.63, 3.8) is 0 Å². The number of nitrogens with one attached hydrogen (secondary N) is 1. The van der Waals surface area contributed by atoms with Gasteiger partial charge in [0, 0.05) is 17.8 Å². The number of nitrogens with zero attached hydrogens (tertiary/aromatic N) is 3. The van der Waals surface area contributed by atoms with Gasteiger partial charge in [0.25, 0.3) is 0 Å². The van der Waals surface area contributed by atoms with Crippen molar-refractivity contribution in [3.8, 4) is 11.5 Å². The molecule has 0 radical (unpaired) electrons. The number of amides is 1. The molecule has 2 aromatic carbocycles. The molecule has 1 aromatic heterocycles. The fourth-order valence-electron chi connectivity index (χ4n) is 4.26. The summed E-state index contributed by atoms with van der Waals surface area (Å²) in [6.45, 7) is 2.14. The van der Waals surface area contributed by atoms with Crippen LogP contribution < -0.4 is 5.32 Å². The van der Waals surface area contributed by atoms with Crippen molar-refractivity contribution >= 4 is 11.6 Å². The van der Waals surface area contributed by atoms with E-state index in [1.165, 1.54) is 0 Å². The average Bonchev–Trinajstić information content (AvgIpc) is 3.27. The molecule has 5 rings (SSSR count). The average molecular weight is 360 g/mol. The maximum absolute atomic E-state index is 12.8. The molecule has 0 aliphatic carbocycles. The van der Waals surface area contributed by atoms with Crippen molar-refractivity contribution in [1.29, 1.82) is 0 Å². The van der Waals surface area contributed by atoms with Crippen molar-refractivity contribution in [2.24, 2.45) is 0 Å². The molecule has 3 aromatic rings. The SMILES string of the molecule is O=C1Nc2ccccc2C12CCCN(Cc1nnc(-c3ccccc3)o1)C2. The number of rotatable bonds is 3. The molecule has 1 fully saturated rings. The van der Waals surface area contributed by atoms with Gasteiger partial charge in [0.05, 0.1) is 12.0 Å². The summed E-state index contributed by atoms with van der Waals surface area (Å²) in [6, 6.07) is 17.8. The summed E-state index contributed by atoms with van der Waals surface area (Å²) in [7, 11) is 0. The topological polar surface area (TPSA) is 71.3 Å². The number of para-hydroxylation sites is 1. The van der Waals surface area contributed by atoms with Crippen LogP contribution in [-0.2, 0) is 16.8 Å². The van der Waals surface area contributed by atoms with Gasteiger partial charge in [-0.3, -0.25) is 9.69 Å². The van der Waals surface area contributed by atoms with Gasteiger partial charge in [0.2, 0.25) is 17.7 Å². The summed E-state index contributed by atoms with van der Waals surface area (Å²) in [4.78, 5) is 15.0. The number of piperidine rings is 1. The number of fused-ring (bicyclic) bond motifs is 2. The lowest BCUT2D eigenvalue weighted by Crippen LogP contribution is -2.49. The zero-order valence-corrected chi connectivity index (χ0v) is 14.9. The first-order valence-corrected chi connectivity index (χ1v) is 9.26. The molecule has 2 aliphatic heterocycles. The van der Waals surface area contributed by atoms with Gasteiger partial charge in [-0.15, -0.1) is 10.2 Å². The highest BCUT2D eigenvalue weighted by Gasteiger charge is 2.49. The molecule has 1 saturated heterocycles. The van der Waals surface area contributed by atoms with Gasteiger partial charge >= 0.3 is 0 Å². The quantitative estimate of drug-likeness (QED) is 0.776. The summed E-state index contributed by atoms with van der Waals surface area (Å²) in [5, 5.41) is 11.4. The molecule has 1 atom stereocenters. The molecular formula is C21H20N4O2. The maximum atomic E-state index is 12.8. The largest absolute Gasteiger partial charge is 0.419 e. The lowest BCUT2D eigenvalue weighted by atomic mass is 9.75. The monoisotopic (exact) mass is 360 g/mol. The minimum absolute atomic E-state index is 0.101. The van der Waals surface area contributed by atoms with Gasteiger partial charge in [-0.1, -0.05) is 36.4 Å². The summed E-state index contributed by atoms with van der Waals surface area (Å²) >= 11 is 0. The Hall–Kier alpha value is -2.99. The van der Waals surface area contributed by atoms with Crippen molar-refractivity contribution in [2.45, 2.75) is 24.8 Å². The third kappa shape index (κ3) is 2.73.